The smallest absolute Gasteiger partial charge is 0.229 e. The Balaban J connectivity index is 1.38. The molecule has 132 valence electrons. The first kappa shape index (κ1) is 16.5. The third-order valence-corrected chi connectivity index (χ3v) is 4.57. The lowest BCUT2D eigenvalue weighted by atomic mass is 10.0. The van der Waals surface area contributed by atoms with E-state index in [0.717, 1.165) is 44.0 Å². The first-order chi connectivity index (χ1) is 12.9. The van der Waals surface area contributed by atoms with Crippen molar-refractivity contribution in [2.45, 2.75) is 19.4 Å². The predicted molar refractivity (Wildman–Crippen MR) is 106 cm³/mol. The highest BCUT2D eigenvalue weighted by molar-refractivity contribution is 5.57. The number of nitrogens with one attached hydrogen (secondary N) is 3. The number of hydrogen-bond donors (Lipinski definition) is 3. The largest absolute Gasteiger partial charge is 0.370 e. The van der Waals surface area contributed by atoms with E-state index in [1.807, 2.05) is 12.1 Å². The van der Waals surface area contributed by atoms with Crippen molar-refractivity contribution in [1.29, 1.82) is 0 Å². The molecule has 5 heteroatoms. The van der Waals surface area contributed by atoms with E-state index in [2.05, 4.69) is 68.4 Å². The van der Waals surface area contributed by atoms with Gasteiger partial charge in [-0.1, -0.05) is 36.4 Å². The summed E-state index contributed by atoms with van der Waals surface area (Å²) in [6.07, 6.45) is 3.83. The lowest BCUT2D eigenvalue weighted by Crippen LogP contribution is -2.23. The zero-order valence-corrected chi connectivity index (χ0v) is 14.7. The van der Waals surface area contributed by atoms with Crippen molar-refractivity contribution in [2.24, 2.45) is 0 Å². The summed E-state index contributed by atoms with van der Waals surface area (Å²) in [5.41, 5.74) is 5.11. The van der Waals surface area contributed by atoms with Crippen molar-refractivity contribution in [3.05, 3.63) is 77.5 Å². The quantitative estimate of drug-likeness (QED) is 0.638. The Morgan fingerprint density at radius 2 is 1.92 bits per heavy atom. The number of anilines is 3. The molecule has 1 aromatic heterocycles. The van der Waals surface area contributed by atoms with Gasteiger partial charge in [-0.15, -0.1) is 0 Å². The van der Waals surface area contributed by atoms with E-state index in [1.165, 1.54) is 16.7 Å². The molecule has 2 heterocycles. The van der Waals surface area contributed by atoms with Crippen LogP contribution in [-0.4, -0.2) is 23.1 Å². The SMILES string of the molecule is c1ccc(CCNc2ccnc(Nc3ccc4c(c3)CNCC4)n2)cc1. The lowest BCUT2D eigenvalue weighted by Gasteiger charge is -2.18. The van der Waals surface area contributed by atoms with Gasteiger partial charge in [-0.3, -0.25) is 0 Å². The molecule has 5 nitrogen and oxygen atoms in total. The Hall–Kier alpha value is -2.92. The van der Waals surface area contributed by atoms with Gasteiger partial charge < -0.3 is 16.0 Å². The molecule has 0 radical (unpaired) electrons. The van der Waals surface area contributed by atoms with Gasteiger partial charge in [0, 0.05) is 25.0 Å². The molecule has 0 aliphatic carbocycles. The molecule has 0 spiro atoms. The topological polar surface area (TPSA) is 61.9 Å². The first-order valence-corrected chi connectivity index (χ1v) is 9.07. The maximum absolute atomic E-state index is 4.56. The van der Waals surface area contributed by atoms with Crippen molar-refractivity contribution >= 4 is 17.5 Å². The van der Waals surface area contributed by atoms with Crippen LogP contribution >= 0.6 is 0 Å². The van der Waals surface area contributed by atoms with Gasteiger partial charge in [0.05, 0.1) is 0 Å². The van der Waals surface area contributed by atoms with Gasteiger partial charge in [0.2, 0.25) is 5.95 Å². The van der Waals surface area contributed by atoms with Gasteiger partial charge in [-0.2, -0.15) is 4.98 Å². The fourth-order valence-electron chi connectivity index (χ4n) is 3.18. The Kier molecular flexibility index (Phi) is 5.07. The van der Waals surface area contributed by atoms with Gasteiger partial charge >= 0.3 is 0 Å². The summed E-state index contributed by atoms with van der Waals surface area (Å²) in [7, 11) is 0. The molecule has 0 unspecified atom stereocenters. The minimum absolute atomic E-state index is 0.610. The van der Waals surface area contributed by atoms with Crippen molar-refractivity contribution in [3.63, 3.8) is 0 Å². The lowest BCUT2D eigenvalue weighted by molar-refractivity contribution is 0.644. The van der Waals surface area contributed by atoms with Gasteiger partial charge in [0.15, 0.2) is 0 Å². The summed E-state index contributed by atoms with van der Waals surface area (Å²) in [6.45, 7) is 2.82. The van der Waals surface area contributed by atoms with E-state index < -0.39 is 0 Å². The molecule has 0 fully saturated rings. The van der Waals surface area contributed by atoms with E-state index in [-0.39, 0.29) is 0 Å². The summed E-state index contributed by atoms with van der Waals surface area (Å²) in [5, 5.41) is 10.1. The fraction of sp³-hybridized carbons (Fsp3) is 0.238. The third-order valence-electron chi connectivity index (χ3n) is 4.57. The van der Waals surface area contributed by atoms with E-state index in [4.69, 9.17) is 0 Å². The van der Waals surface area contributed by atoms with Crippen molar-refractivity contribution < 1.29 is 0 Å². The van der Waals surface area contributed by atoms with E-state index >= 15 is 0 Å². The number of rotatable bonds is 6. The summed E-state index contributed by atoms with van der Waals surface area (Å²) >= 11 is 0. The molecule has 0 amide bonds. The molecular weight excluding hydrogens is 322 g/mol. The monoisotopic (exact) mass is 345 g/mol. The van der Waals surface area contributed by atoms with Crippen molar-refractivity contribution in [2.75, 3.05) is 23.7 Å². The molecule has 0 saturated heterocycles. The first-order valence-electron chi connectivity index (χ1n) is 9.07. The molecule has 0 atom stereocenters. The number of aromatic nitrogens is 2. The zero-order chi connectivity index (χ0) is 17.6. The summed E-state index contributed by atoms with van der Waals surface area (Å²) in [5.74, 6) is 1.44. The highest BCUT2D eigenvalue weighted by atomic mass is 15.1. The molecule has 0 saturated carbocycles. The Morgan fingerprint density at radius 1 is 1.00 bits per heavy atom. The molecule has 1 aliphatic rings. The molecule has 4 rings (SSSR count). The second kappa shape index (κ2) is 7.97. The van der Waals surface area contributed by atoms with Crippen LogP contribution in [0.3, 0.4) is 0 Å². The van der Waals surface area contributed by atoms with Gasteiger partial charge in [-0.05, 0) is 54.3 Å². The fourth-order valence-corrected chi connectivity index (χ4v) is 3.18. The normalized spacial score (nSPS) is 13.1. The van der Waals surface area contributed by atoms with Crippen LogP contribution in [0.25, 0.3) is 0 Å². The van der Waals surface area contributed by atoms with Crippen LogP contribution in [0.1, 0.15) is 16.7 Å². The van der Waals surface area contributed by atoms with Crippen LogP contribution in [0.15, 0.2) is 60.8 Å². The van der Waals surface area contributed by atoms with E-state index in [0.29, 0.717) is 5.95 Å². The molecule has 2 aromatic carbocycles. The highest BCUT2D eigenvalue weighted by Gasteiger charge is 2.09. The van der Waals surface area contributed by atoms with E-state index in [9.17, 15) is 0 Å². The van der Waals surface area contributed by atoms with Crippen LogP contribution in [0.2, 0.25) is 0 Å². The maximum Gasteiger partial charge on any atom is 0.229 e. The zero-order valence-electron chi connectivity index (χ0n) is 14.7. The molecule has 0 bridgehead atoms. The Labute approximate surface area is 153 Å². The van der Waals surface area contributed by atoms with Gasteiger partial charge in [-0.25, -0.2) is 4.98 Å². The minimum Gasteiger partial charge on any atom is -0.370 e. The molecule has 1 aliphatic heterocycles. The standard InChI is InChI=1S/C21H23N5/c1-2-4-16(5-3-1)8-12-23-20-10-13-24-21(26-20)25-19-7-6-17-9-11-22-15-18(17)14-19/h1-7,10,13-14,22H,8-9,11-12,15H2,(H2,23,24,25,26). The molecular formula is C21H23N5. The van der Waals surface area contributed by atoms with Crippen LogP contribution in [-0.2, 0) is 19.4 Å². The predicted octanol–water partition coefficient (Wildman–Crippen LogP) is 3.52. The van der Waals surface area contributed by atoms with Gasteiger partial charge in [0.25, 0.3) is 0 Å². The second-order valence-corrected chi connectivity index (χ2v) is 6.46. The van der Waals surface area contributed by atoms with Crippen molar-refractivity contribution in [1.82, 2.24) is 15.3 Å². The summed E-state index contributed by atoms with van der Waals surface area (Å²) in [6, 6.07) is 18.8. The average molecular weight is 345 g/mol. The van der Waals surface area contributed by atoms with Crippen LogP contribution in [0, 0.1) is 0 Å². The van der Waals surface area contributed by atoms with E-state index in [1.54, 1.807) is 6.20 Å². The average Bonchev–Trinajstić information content (AvgIpc) is 2.69. The summed E-state index contributed by atoms with van der Waals surface area (Å²) in [4.78, 5) is 8.90. The number of benzene rings is 2. The minimum atomic E-state index is 0.610. The molecule has 26 heavy (non-hydrogen) atoms. The highest BCUT2D eigenvalue weighted by Crippen LogP contribution is 2.21. The van der Waals surface area contributed by atoms with Crippen molar-refractivity contribution in [3.8, 4) is 0 Å². The Morgan fingerprint density at radius 3 is 2.85 bits per heavy atom. The number of hydrogen-bond acceptors (Lipinski definition) is 5. The third kappa shape index (κ3) is 4.18. The van der Waals surface area contributed by atoms with Crippen LogP contribution in [0.4, 0.5) is 17.5 Å². The van der Waals surface area contributed by atoms with Gasteiger partial charge in [0.1, 0.15) is 5.82 Å². The second-order valence-electron chi connectivity index (χ2n) is 6.46. The Bertz CT molecular complexity index is 863. The van der Waals surface area contributed by atoms with Crippen LogP contribution < -0.4 is 16.0 Å². The molecule has 3 aromatic rings. The molecule has 3 N–H and O–H groups in total. The maximum atomic E-state index is 4.56. The number of fused-ring (bicyclic) bond motifs is 1. The number of nitrogens with zero attached hydrogens (tertiary/aromatic N) is 2. The van der Waals surface area contributed by atoms with Crippen LogP contribution in [0.5, 0.6) is 0 Å². The summed E-state index contributed by atoms with van der Waals surface area (Å²) < 4.78 is 0.